The molecule has 1 unspecified atom stereocenters. The molecule has 1 aliphatic carbocycles. The molecular formula is C24H22NO8P. The van der Waals surface area contributed by atoms with E-state index >= 15 is 0 Å². The second kappa shape index (κ2) is 9.69. The number of phosphoric ester groups is 1. The van der Waals surface area contributed by atoms with Gasteiger partial charge in [-0.25, -0.2) is 14.2 Å². The van der Waals surface area contributed by atoms with Gasteiger partial charge in [0.1, 0.15) is 18.4 Å². The zero-order valence-electron chi connectivity index (χ0n) is 17.9. The van der Waals surface area contributed by atoms with Crippen molar-refractivity contribution in [3.63, 3.8) is 0 Å². The molecule has 34 heavy (non-hydrogen) atoms. The molecule has 4 N–H and O–H groups in total. The third-order valence-corrected chi connectivity index (χ3v) is 6.21. The van der Waals surface area contributed by atoms with Gasteiger partial charge in [0.2, 0.25) is 0 Å². The second-order valence-corrected chi connectivity index (χ2v) is 9.04. The fraction of sp³-hybridized carbons (Fsp3) is 0.167. The van der Waals surface area contributed by atoms with Gasteiger partial charge < -0.3 is 24.6 Å². The molecule has 10 heteroatoms. The first-order valence-corrected chi connectivity index (χ1v) is 11.9. The summed E-state index contributed by atoms with van der Waals surface area (Å²) in [6.45, 7) is -0.138. The SMILES string of the molecule is N[C@@H](Cc1ccc(O)cc1)C(=O)OP(=O)(O)OC(=O)OCC1c2ccccc2-c2ccccc21. The predicted octanol–water partition coefficient (Wildman–Crippen LogP) is 3.87. The molecule has 0 radical (unpaired) electrons. The van der Waals surface area contributed by atoms with E-state index in [1.165, 1.54) is 24.3 Å². The number of benzene rings is 3. The summed E-state index contributed by atoms with van der Waals surface area (Å²) < 4.78 is 26.0. The normalized spacial score (nSPS) is 14.9. The van der Waals surface area contributed by atoms with Crippen molar-refractivity contribution in [1.29, 1.82) is 0 Å². The van der Waals surface area contributed by atoms with E-state index in [4.69, 9.17) is 10.5 Å². The minimum atomic E-state index is -5.11. The van der Waals surface area contributed by atoms with Crippen molar-refractivity contribution in [2.75, 3.05) is 6.61 Å². The first-order valence-electron chi connectivity index (χ1n) is 10.4. The van der Waals surface area contributed by atoms with Gasteiger partial charge in [0.05, 0.1) is 0 Å². The highest BCUT2D eigenvalue weighted by Gasteiger charge is 2.35. The van der Waals surface area contributed by atoms with E-state index in [9.17, 15) is 24.2 Å². The fourth-order valence-corrected chi connectivity index (χ4v) is 4.52. The van der Waals surface area contributed by atoms with Crippen molar-refractivity contribution in [1.82, 2.24) is 0 Å². The third kappa shape index (κ3) is 5.28. The van der Waals surface area contributed by atoms with Gasteiger partial charge >= 0.3 is 19.9 Å². The fourth-order valence-electron chi connectivity index (χ4n) is 3.88. The molecule has 1 aliphatic rings. The lowest BCUT2D eigenvalue weighted by Crippen LogP contribution is -2.34. The Labute approximate surface area is 195 Å². The minimum Gasteiger partial charge on any atom is -0.508 e. The van der Waals surface area contributed by atoms with Crippen molar-refractivity contribution in [3.8, 4) is 16.9 Å². The maximum absolute atomic E-state index is 12.1. The molecule has 176 valence electrons. The quantitative estimate of drug-likeness (QED) is 0.337. The maximum Gasteiger partial charge on any atom is 0.591 e. The average molecular weight is 483 g/mol. The molecule has 0 bridgehead atoms. The van der Waals surface area contributed by atoms with Crippen LogP contribution in [0.1, 0.15) is 22.6 Å². The lowest BCUT2D eigenvalue weighted by molar-refractivity contribution is -0.137. The van der Waals surface area contributed by atoms with Crippen LogP contribution in [0, 0.1) is 0 Å². The Morgan fingerprint density at radius 2 is 1.47 bits per heavy atom. The van der Waals surface area contributed by atoms with E-state index in [-0.39, 0.29) is 24.7 Å². The van der Waals surface area contributed by atoms with Gasteiger partial charge in [-0.3, -0.25) is 4.89 Å². The summed E-state index contributed by atoms with van der Waals surface area (Å²) in [5.74, 6) is -1.47. The summed E-state index contributed by atoms with van der Waals surface area (Å²) in [6, 6.07) is 19.9. The van der Waals surface area contributed by atoms with Crippen LogP contribution in [-0.2, 0) is 29.6 Å². The molecule has 3 aromatic carbocycles. The van der Waals surface area contributed by atoms with Crippen LogP contribution < -0.4 is 5.73 Å². The Bertz CT molecular complexity index is 1210. The van der Waals surface area contributed by atoms with Gasteiger partial charge in [0, 0.05) is 5.92 Å². The van der Waals surface area contributed by atoms with E-state index in [1.54, 1.807) is 0 Å². The van der Waals surface area contributed by atoms with Gasteiger partial charge in [0.15, 0.2) is 0 Å². The molecule has 0 spiro atoms. The smallest absolute Gasteiger partial charge is 0.508 e. The van der Waals surface area contributed by atoms with Gasteiger partial charge in [-0.05, 0) is 46.4 Å². The first kappa shape index (κ1) is 23.5. The van der Waals surface area contributed by atoms with Crippen molar-refractivity contribution < 1.29 is 37.9 Å². The second-order valence-electron chi connectivity index (χ2n) is 7.74. The number of fused-ring (bicyclic) bond motifs is 3. The standard InChI is InChI=1S/C24H22NO8P/c25-22(13-15-9-11-16(26)12-10-15)23(27)32-34(29,30)33-24(28)31-14-21-19-7-3-1-5-17(19)18-6-2-4-8-20(18)21/h1-12,21-22,26H,13-14,25H2,(H,29,30)/t22-/m0/s1. The molecule has 0 aliphatic heterocycles. The highest BCUT2D eigenvalue weighted by atomic mass is 31.2. The number of carbonyl (C=O) groups is 2. The molecule has 0 heterocycles. The van der Waals surface area contributed by atoms with Crippen LogP contribution in [0.5, 0.6) is 5.75 Å². The van der Waals surface area contributed by atoms with E-state index < -0.39 is 26.0 Å². The van der Waals surface area contributed by atoms with Gasteiger partial charge in [-0.15, -0.1) is 0 Å². The highest BCUT2D eigenvalue weighted by Crippen LogP contribution is 2.46. The molecule has 0 fully saturated rings. The Morgan fingerprint density at radius 1 is 0.912 bits per heavy atom. The summed E-state index contributed by atoms with van der Waals surface area (Å²) in [7, 11) is -5.11. The molecule has 0 saturated heterocycles. The van der Waals surface area contributed by atoms with Crippen molar-refractivity contribution in [2.45, 2.75) is 18.4 Å². The molecule has 2 atom stereocenters. The number of hydrogen-bond donors (Lipinski definition) is 3. The van der Waals surface area contributed by atoms with Crippen LogP contribution in [-0.4, -0.2) is 34.8 Å². The summed E-state index contributed by atoms with van der Waals surface area (Å²) in [4.78, 5) is 34.0. The summed E-state index contributed by atoms with van der Waals surface area (Å²) in [6.07, 6.45) is -1.48. The number of carbonyl (C=O) groups excluding carboxylic acids is 2. The monoisotopic (exact) mass is 483 g/mol. The van der Waals surface area contributed by atoms with Crippen LogP contribution in [0.3, 0.4) is 0 Å². The molecule has 3 aromatic rings. The molecule has 9 nitrogen and oxygen atoms in total. The van der Waals surface area contributed by atoms with Gasteiger partial charge in [-0.1, -0.05) is 60.7 Å². The Morgan fingerprint density at radius 3 is 2.06 bits per heavy atom. The Balaban J connectivity index is 1.33. The Kier molecular flexibility index (Phi) is 6.70. The molecule has 0 amide bonds. The van der Waals surface area contributed by atoms with Crippen LogP contribution in [0.2, 0.25) is 0 Å². The number of phenols is 1. The van der Waals surface area contributed by atoms with Crippen molar-refractivity contribution >= 4 is 19.9 Å². The zero-order chi connectivity index (χ0) is 24.3. The number of phosphoric acid groups is 1. The molecular weight excluding hydrogens is 461 g/mol. The topological polar surface area (TPSA) is 145 Å². The molecule has 4 rings (SSSR count). The number of nitrogens with two attached hydrogens (primary N) is 1. The lowest BCUT2D eigenvalue weighted by Gasteiger charge is -2.16. The summed E-state index contributed by atoms with van der Waals surface area (Å²) in [5, 5.41) is 9.29. The zero-order valence-corrected chi connectivity index (χ0v) is 18.8. The first-order chi connectivity index (χ1) is 16.2. The lowest BCUT2D eigenvalue weighted by atomic mass is 9.98. The maximum atomic E-state index is 12.1. The van der Waals surface area contributed by atoms with Crippen molar-refractivity contribution in [3.05, 3.63) is 89.5 Å². The summed E-state index contributed by atoms with van der Waals surface area (Å²) in [5.41, 5.74) is 10.3. The average Bonchev–Trinajstić information content (AvgIpc) is 3.12. The highest BCUT2D eigenvalue weighted by molar-refractivity contribution is 7.48. The minimum absolute atomic E-state index is 0.0238. The van der Waals surface area contributed by atoms with E-state index in [1.807, 2.05) is 48.5 Å². The van der Waals surface area contributed by atoms with Crippen LogP contribution in [0.25, 0.3) is 11.1 Å². The molecule has 0 saturated carbocycles. The Hall–Kier alpha value is -3.65. The number of phenolic OH excluding ortho intramolecular Hbond substituents is 1. The van der Waals surface area contributed by atoms with Gasteiger partial charge in [0.25, 0.3) is 0 Å². The number of rotatable bonds is 7. The van der Waals surface area contributed by atoms with Gasteiger partial charge in [-0.2, -0.15) is 0 Å². The largest absolute Gasteiger partial charge is 0.591 e. The third-order valence-electron chi connectivity index (χ3n) is 5.42. The van der Waals surface area contributed by atoms with E-state index in [2.05, 4.69) is 9.05 Å². The molecule has 0 aromatic heterocycles. The van der Waals surface area contributed by atoms with E-state index in [0.717, 1.165) is 22.3 Å². The number of aromatic hydroxyl groups is 1. The predicted molar refractivity (Wildman–Crippen MR) is 122 cm³/mol. The van der Waals surface area contributed by atoms with Crippen LogP contribution in [0.4, 0.5) is 4.79 Å². The van der Waals surface area contributed by atoms with Crippen molar-refractivity contribution in [2.24, 2.45) is 5.73 Å². The van der Waals surface area contributed by atoms with Crippen LogP contribution in [0.15, 0.2) is 72.8 Å². The van der Waals surface area contributed by atoms with Crippen LogP contribution >= 0.6 is 7.82 Å². The van der Waals surface area contributed by atoms with E-state index in [0.29, 0.717) is 5.56 Å². The summed E-state index contributed by atoms with van der Waals surface area (Å²) >= 11 is 0. The number of ether oxygens (including phenoxy) is 1. The number of hydrogen-bond acceptors (Lipinski definition) is 8.